The van der Waals surface area contributed by atoms with Crippen LogP contribution < -0.4 is 21.9 Å². The van der Waals surface area contributed by atoms with Gasteiger partial charge in [-0.05, 0) is 22.4 Å². The van der Waals surface area contributed by atoms with Crippen molar-refractivity contribution in [3.05, 3.63) is 56.7 Å². The van der Waals surface area contributed by atoms with E-state index in [1.165, 1.54) is 14.1 Å². The number of aromatic amines is 1. The Morgan fingerprint density at radius 3 is 2.69 bits per heavy atom. The number of aryl methyl sites for hydroxylation is 1. The third kappa shape index (κ3) is 5.42. The number of ether oxygens (including phenoxy) is 1. The van der Waals surface area contributed by atoms with Gasteiger partial charge in [0.2, 0.25) is 11.1 Å². The molecule has 12 nitrogen and oxygen atoms in total. The third-order valence-corrected chi connectivity index (χ3v) is 5.60. The highest BCUT2D eigenvalue weighted by Crippen LogP contribution is 2.21. The van der Waals surface area contributed by atoms with E-state index in [2.05, 4.69) is 20.5 Å². The molecule has 0 fully saturated rings. The van der Waals surface area contributed by atoms with Crippen LogP contribution in [0.15, 0.2) is 45.1 Å². The molecule has 2 aromatic heterocycles. The maximum atomic E-state index is 13.1. The molecule has 0 aliphatic carbocycles. The lowest BCUT2D eigenvalue weighted by Crippen LogP contribution is -2.42. The number of nitrogens with one attached hydrogen (secondary N) is 1. The molecule has 0 radical (unpaired) electrons. The fraction of sp³-hybridized carbons (Fsp3) is 0.368. The van der Waals surface area contributed by atoms with Gasteiger partial charge in [0.15, 0.2) is 5.69 Å². The van der Waals surface area contributed by atoms with Gasteiger partial charge in [0, 0.05) is 27.3 Å². The summed E-state index contributed by atoms with van der Waals surface area (Å²) in [5, 5.41) is 11.6. The molecule has 0 saturated carbocycles. The first-order valence-corrected chi connectivity index (χ1v) is 10.7. The van der Waals surface area contributed by atoms with Crippen molar-refractivity contribution in [3.63, 3.8) is 0 Å². The monoisotopic (exact) mass is 460 g/mol. The molecule has 1 amide bonds. The first kappa shape index (κ1) is 23.2. The molecule has 0 atom stereocenters. The van der Waals surface area contributed by atoms with E-state index in [4.69, 9.17) is 10.5 Å². The molecule has 3 N–H and O–H groups in total. The number of H-pyrrole nitrogens is 1. The maximum Gasteiger partial charge on any atom is 0.330 e. The molecule has 0 bridgehead atoms. The fourth-order valence-electron chi connectivity index (χ4n) is 3.04. The highest BCUT2D eigenvalue weighted by atomic mass is 32.2. The van der Waals surface area contributed by atoms with Gasteiger partial charge < -0.3 is 15.4 Å². The Hall–Kier alpha value is -3.45. The SMILES string of the molecule is COCCCN(C(=O)CSc1nnnn1C)c1c(N)n(Cc2ccccc2)c(=O)[nH]c1=O. The Balaban J connectivity index is 1.94. The normalized spacial score (nSPS) is 10.9. The summed E-state index contributed by atoms with van der Waals surface area (Å²) in [5.74, 6) is -0.493. The van der Waals surface area contributed by atoms with Gasteiger partial charge in [-0.1, -0.05) is 42.1 Å². The number of nitrogens with two attached hydrogens (primary N) is 1. The number of carbonyl (C=O) groups excluding carboxylic acids is 1. The summed E-state index contributed by atoms with van der Waals surface area (Å²) in [6, 6.07) is 9.20. The van der Waals surface area contributed by atoms with Crippen LogP contribution in [-0.2, 0) is 23.1 Å². The molecule has 13 heteroatoms. The molecular weight excluding hydrogens is 436 g/mol. The number of aromatic nitrogens is 6. The van der Waals surface area contributed by atoms with Crippen LogP contribution in [0, 0.1) is 0 Å². The van der Waals surface area contributed by atoms with Gasteiger partial charge in [0.25, 0.3) is 5.56 Å². The minimum absolute atomic E-state index is 0.0299. The highest BCUT2D eigenvalue weighted by Gasteiger charge is 2.24. The summed E-state index contributed by atoms with van der Waals surface area (Å²) >= 11 is 1.13. The molecule has 0 unspecified atom stereocenters. The smallest absolute Gasteiger partial charge is 0.330 e. The first-order valence-electron chi connectivity index (χ1n) is 9.73. The quantitative estimate of drug-likeness (QED) is 0.310. The number of amides is 1. The van der Waals surface area contributed by atoms with Crippen molar-refractivity contribution in [1.82, 2.24) is 29.8 Å². The minimum atomic E-state index is -0.729. The molecule has 3 aromatic rings. The van der Waals surface area contributed by atoms with Crippen LogP contribution in [0.25, 0.3) is 0 Å². The molecule has 0 spiro atoms. The van der Waals surface area contributed by atoms with E-state index >= 15 is 0 Å². The van der Waals surface area contributed by atoms with Crippen molar-refractivity contribution in [1.29, 1.82) is 0 Å². The summed E-state index contributed by atoms with van der Waals surface area (Å²) in [6.07, 6.45) is 0.467. The first-order chi connectivity index (χ1) is 15.4. The van der Waals surface area contributed by atoms with E-state index in [-0.39, 0.29) is 36.3 Å². The summed E-state index contributed by atoms with van der Waals surface area (Å²) in [4.78, 5) is 41.8. The van der Waals surface area contributed by atoms with Crippen molar-refractivity contribution >= 4 is 29.2 Å². The zero-order valence-electron chi connectivity index (χ0n) is 17.7. The number of methoxy groups -OCH3 is 1. The van der Waals surface area contributed by atoms with Crippen molar-refractivity contribution in [3.8, 4) is 0 Å². The van der Waals surface area contributed by atoms with Crippen LogP contribution in [0.4, 0.5) is 11.5 Å². The van der Waals surface area contributed by atoms with Gasteiger partial charge in [-0.15, -0.1) is 5.10 Å². The Bertz CT molecular complexity index is 1170. The molecule has 3 rings (SSSR count). The molecule has 0 aliphatic heterocycles. The fourth-order valence-corrected chi connectivity index (χ4v) is 3.76. The number of hydrogen-bond acceptors (Lipinski definition) is 9. The number of thioether (sulfide) groups is 1. The predicted octanol–water partition coefficient (Wildman–Crippen LogP) is -0.148. The average molecular weight is 461 g/mol. The van der Waals surface area contributed by atoms with Gasteiger partial charge in [-0.25, -0.2) is 9.48 Å². The highest BCUT2D eigenvalue weighted by molar-refractivity contribution is 7.99. The van der Waals surface area contributed by atoms with E-state index in [0.29, 0.717) is 18.2 Å². The van der Waals surface area contributed by atoms with Crippen LogP contribution in [0.1, 0.15) is 12.0 Å². The largest absolute Gasteiger partial charge is 0.385 e. The van der Waals surface area contributed by atoms with Crippen molar-refractivity contribution in [2.24, 2.45) is 7.05 Å². The number of nitrogens with zero attached hydrogens (tertiary/aromatic N) is 6. The zero-order valence-corrected chi connectivity index (χ0v) is 18.5. The standard InChI is InChI=1S/C19H24N8O4S/c1-25-19(22-23-24-25)32-12-14(28)26(9-6-10-31-2)15-16(20)27(18(30)21-17(15)29)11-13-7-4-3-5-8-13/h3-5,7-8H,6,9-12,20H2,1-2H3,(H,21,29,30). The van der Waals surface area contributed by atoms with E-state index < -0.39 is 11.2 Å². The molecule has 170 valence electrons. The number of rotatable bonds is 10. The van der Waals surface area contributed by atoms with Gasteiger partial charge in [0.05, 0.1) is 12.3 Å². The molecular formula is C19H24N8O4S. The van der Waals surface area contributed by atoms with E-state index in [0.717, 1.165) is 17.3 Å². The Morgan fingerprint density at radius 1 is 1.28 bits per heavy atom. The lowest BCUT2D eigenvalue weighted by atomic mass is 10.2. The summed E-state index contributed by atoms with van der Waals surface area (Å²) in [6.45, 7) is 0.710. The molecule has 0 aliphatic rings. The van der Waals surface area contributed by atoms with Crippen molar-refractivity contribution in [2.75, 3.05) is 36.6 Å². The second-order valence-electron chi connectivity index (χ2n) is 6.83. The summed E-state index contributed by atoms with van der Waals surface area (Å²) < 4.78 is 7.76. The van der Waals surface area contributed by atoms with Gasteiger partial charge in [-0.3, -0.25) is 19.1 Å². The number of tetrazole rings is 1. The van der Waals surface area contributed by atoms with Crippen molar-refractivity contribution in [2.45, 2.75) is 18.1 Å². The number of benzene rings is 1. The van der Waals surface area contributed by atoms with Crippen LogP contribution in [0.5, 0.6) is 0 Å². The van der Waals surface area contributed by atoms with Crippen LogP contribution in [0.2, 0.25) is 0 Å². The summed E-state index contributed by atoms with van der Waals surface area (Å²) in [5.41, 5.74) is 5.64. The van der Waals surface area contributed by atoms with E-state index in [1.54, 1.807) is 14.2 Å². The predicted molar refractivity (Wildman–Crippen MR) is 120 cm³/mol. The van der Waals surface area contributed by atoms with Crippen LogP contribution in [-0.4, -0.2) is 61.7 Å². The summed E-state index contributed by atoms with van der Waals surface area (Å²) in [7, 11) is 3.20. The number of hydrogen-bond donors (Lipinski definition) is 2. The van der Waals surface area contributed by atoms with Gasteiger partial charge >= 0.3 is 5.69 Å². The number of nitrogen functional groups attached to an aromatic ring is 1. The molecule has 1 aromatic carbocycles. The van der Waals surface area contributed by atoms with Gasteiger partial charge in [-0.2, -0.15) is 0 Å². The van der Waals surface area contributed by atoms with Crippen LogP contribution >= 0.6 is 11.8 Å². The second kappa shape index (κ2) is 10.7. The topological polar surface area (TPSA) is 154 Å². The van der Waals surface area contributed by atoms with Crippen molar-refractivity contribution < 1.29 is 9.53 Å². The number of anilines is 2. The molecule has 2 heterocycles. The lowest BCUT2D eigenvalue weighted by Gasteiger charge is -2.24. The maximum absolute atomic E-state index is 13.1. The number of carbonyl (C=O) groups is 1. The van der Waals surface area contributed by atoms with E-state index in [1.807, 2.05) is 30.3 Å². The molecule has 32 heavy (non-hydrogen) atoms. The third-order valence-electron chi connectivity index (χ3n) is 4.60. The Labute approximate surface area is 187 Å². The second-order valence-corrected chi connectivity index (χ2v) is 7.77. The lowest BCUT2D eigenvalue weighted by molar-refractivity contribution is -0.116. The van der Waals surface area contributed by atoms with E-state index in [9.17, 15) is 14.4 Å². The van der Waals surface area contributed by atoms with Gasteiger partial charge in [0.1, 0.15) is 5.82 Å². The Morgan fingerprint density at radius 2 is 2.03 bits per heavy atom. The molecule has 0 saturated heterocycles. The zero-order chi connectivity index (χ0) is 23.1. The minimum Gasteiger partial charge on any atom is -0.385 e. The average Bonchev–Trinajstić information content (AvgIpc) is 3.19. The van der Waals surface area contributed by atoms with Crippen LogP contribution in [0.3, 0.4) is 0 Å². The Kier molecular flexibility index (Phi) is 7.78.